The normalized spacial score (nSPS) is 17.9. The van der Waals surface area contributed by atoms with Gasteiger partial charge in [-0.2, -0.15) is 17.5 Å². The minimum absolute atomic E-state index is 0.0750. The Kier molecular flexibility index (Phi) is 7.40. The van der Waals surface area contributed by atoms with Crippen LogP contribution < -0.4 is 5.32 Å². The molecule has 0 aliphatic carbocycles. The number of hydrogen-bond acceptors (Lipinski definition) is 4. The summed E-state index contributed by atoms with van der Waals surface area (Å²) in [6, 6.07) is 3.77. The summed E-state index contributed by atoms with van der Waals surface area (Å²) in [6.07, 6.45) is 0.729. The number of nitrogens with zero attached hydrogens (tertiary/aromatic N) is 3. The molecule has 1 saturated heterocycles. The number of aliphatic imine (C=N–C) groups is 1. The van der Waals surface area contributed by atoms with Gasteiger partial charge in [-0.1, -0.05) is 11.6 Å². The Balaban J connectivity index is 1.83. The van der Waals surface area contributed by atoms with Crippen LogP contribution in [0.2, 0.25) is 4.34 Å². The second-order valence-electron chi connectivity index (χ2n) is 6.28. The molecular formula is C15H22ClF3N4O2S2. The third kappa shape index (κ3) is 5.72. The topological polar surface area (TPSA) is 65.0 Å². The lowest BCUT2D eigenvalue weighted by atomic mass is 9.98. The fourth-order valence-electron chi connectivity index (χ4n) is 2.87. The first-order valence-corrected chi connectivity index (χ1v) is 10.9. The maximum atomic E-state index is 12.6. The van der Waals surface area contributed by atoms with Gasteiger partial charge in [-0.05, 0) is 30.9 Å². The van der Waals surface area contributed by atoms with Gasteiger partial charge < -0.3 is 10.2 Å². The monoisotopic (exact) mass is 446 g/mol. The maximum absolute atomic E-state index is 12.6. The fraction of sp³-hybridized carbons (Fsp3) is 0.667. The number of piperidine rings is 1. The molecule has 6 nitrogen and oxygen atoms in total. The van der Waals surface area contributed by atoms with Gasteiger partial charge in [-0.25, -0.2) is 8.42 Å². The van der Waals surface area contributed by atoms with Crippen molar-refractivity contribution in [2.45, 2.75) is 24.9 Å². The van der Waals surface area contributed by atoms with Crippen LogP contribution in [0.1, 0.15) is 17.7 Å². The zero-order valence-corrected chi connectivity index (χ0v) is 17.4. The third-order valence-corrected chi connectivity index (χ3v) is 7.20. The number of thiophene rings is 1. The van der Waals surface area contributed by atoms with Crippen LogP contribution in [-0.2, 0) is 16.6 Å². The Labute approximate surface area is 166 Å². The van der Waals surface area contributed by atoms with E-state index < -0.39 is 15.5 Å². The van der Waals surface area contributed by atoms with Crippen molar-refractivity contribution in [2.75, 3.05) is 33.7 Å². The van der Waals surface area contributed by atoms with Crippen molar-refractivity contribution in [1.82, 2.24) is 14.5 Å². The largest absolute Gasteiger partial charge is 0.511 e. The van der Waals surface area contributed by atoms with Crippen molar-refractivity contribution in [3.63, 3.8) is 0 Å². The highest BCUT2D eigenvalue weighted by molar-refractivity contribution is 7.90. The molecule has 0 saturated carbocycles. The molecule has 0 bridgehead atoms. The second kappa shape index (κ2) is 8.97. The van der Waals surface area contributed by atoms with E-state index in [4.69, 9.17) is 11.6 Å². The molecule has 0 spiro atoms. The third-order valence-electron chi connectivity index (χ3n) is 4.35. The van der Waals surface area contributed by atoms with E-state index >= 15 is 0 Å². The van der Waals surface area contributed by atoms with Crippen molar-refractivity contribution < 1.29 is 21.6 Å². The Bertz CT molecular complexity index is 759. The summed E-state index contributed by atoms with van der Waals surface area (Å²) in [4.78, 5) is 7.21. The highest BCUT2D eigenvalue weighted by Crippen LogP contribution is 2.30. The van der Waals surface area contributed by atoms with Gasteiger partial charge in [0.2, 0.25) is 0 Å². The van der Waals surface area contributed by atoms with Gasteiger partial charge in [0, 0.05) is 38.6 Å². The first kappa shape index (κ1) is 22.3. The molecule has 1 fully saturated rings. The molecule has 0 amide bonds. The van der Waals surface area contributed by atoms with Crippen LogP contribution in [-0.4, -0.2) is 62.8 Å². The smallest absolute Gasteiger partial charge is 0.356 e. The molecule has 154 valence electrons. The average Bonchev–Trinajstić information content (AvgIpc) is 2.99. The van der Waals surface area contributed by atoms with Crippen LogP contribution in [0.15, 0.2) is 17.1 Å². The predicted octanol–water partition coefficient (Wildman–Crippen LogP) is 2.97. The first-order chi connectivity index (χ1) is 12.5. The molecule has 1 aliphatic heterocycles. The summed E-state index contributed by atoms with van der Waals surface area (Å²) in [5.41, 5.74) is -5.24. The highest BCUT2D eigenvalue weighted by Gasteiger charge is 2.50. The van der Waals surface area contributed by atoms with Gasteiger partial charge in [0.15, 0.2) is 5.96 Å². The fourth-order valence-corrected chi connectivity index (χ4v) is 4.99. The molecule has 2 rings (SSSR count). The van der Waals surface area contributed by atoms with Gasteiger partial charge in [-0.15, -0.1) is 11.3 Å². The van der Waals surface area contributed by atoms with Crippen molar-refractivity contribution in [1.29, 1.82) is 0 Å². The molecule has 1 aromatic rings. The van der Waals surface area contributed by atoms with Crippen molar-refractivity contribution >= 4 is 38.9 Å². The first-order valence-electron chi connectivity index (χ1n) is 8.27. The molecule has 0 radical (unpaired) electrons. The minimum atomic E-state index is -5.24. The van der Waals surface area contributed by atoms with Crippen molar-refractivity contribution in [2.24, 2.45) is 10.9 Å². The summed E-state index contributed by atoms with van der Waals surface area (Å²) in [7, 11) is -1.71. The second-order valence-corrected chi connectivity index (χ2v) is 10.0. The van der Waals surface area contributed by atoms with Crippen LogP contribution in [0.3, 0.4) is 0 Å². The summed E-state index contributed by atoms with van der Waals surface area (Å²) in [5.74, 6) is 0.732. The van der Waals surface area contributed by atoms with E-state index in [1.54, 1.807) is 7.05 Å². The van der Waals surface area contributed by atoms with Crippen LogP contribution in [0.4, 0.5) is 13.2 Å². The Hall–Kier alpha value is -1.04. The van der Waals surface area contributed by atoms with Crippen LogP contribution in [0.5, 0.6) is 0 Å². The van der Waals surface area contributed by atoms with Crippen molar-refractivity contribution in [3.8, 4) is 0 Å². The standard InChI is InChI=1S/C15H22ClF3N4O2S2/c1-20-14(22(2)10-12-3-4-13(16)26-12)21-9-11-5-7-23(8-6-11)27(24,25)15(17,18)19/h3-4,11H,5-10H2,1-2H3,(H,20,21). The maximum Gasteiger partial charge on any atom is 0.511 e. The summed E-state index contributed by atoms with van der Waals surface area (Å²) in [5, 5.41) is 3.21. The van der Waals surface area contributed by atoms with Crippen LogP contribution in [0, 0.1) is 5.92 Å². The van der Waals surface area contributed by atoms with Crippen LogP contribution >= 0.6 is 22.9 Å². The van der Waals surface area contributed by atoms with E-state index in [1.807, 2.05) is 24.1 Å². The zero-order chi connectivity index (χ0) is 20.2. The predicted molar refractivity (Wildman–Crippen MR) is 101 cm³/mol. The molecule has 1 N–H and O–H groups in total. The van der Waals surface area contributed by atoms with E-state index in [1.165, 1.54) is 11.3 Å². The van der Waals surface area contributed by atoms with E-state index in [0.717, 1.165) is 4.88 Å². The number of halogens is 4. The Morgan fingerprint density at radius 2 is 2.04 bits per heavy atom. The van der Waals surface area contributed by atoms with Gasteiger partial charge >= 0.3 is 15.5 Å². The molecule has 2 heterocycles. The lowest BCUT2D eigenvalue weighted by Gasteiger charge is -2.32. The number of guanidine groups is 1. The SMILES string of the molecule is CN=C(NCC1CCN(S(=O)(=O)C(F)(F)F)CC1)N(C)Cc1ccc(Cl)s1. The molecule has 27 heavy (non-hydrogen) atoms. The average molecular weight is 447 g/mol. The lowest BCUT2D eigenvalue weighted by molar-refractivity contribution is -0.0496. The van der Waals surface area contributed by atoms with E-state index in [0.29, 0.717) is 40.5 Å². The number of sulfonamides is 1. The van der Waals surface area contributed by atoms with Crippen LogP contribution in [0.25, 0.3) is 0 Å². The summed E-state index contributed by atoms with van der Waals surface area (Å²) < 4.78 is 62.0. The number of rotatable bonds is 5. The molecular weight excluding hydrogens is 425 g/mol. The highest BCUT2D eigenvalue weighted by atomic mass is 35.5. The quantitative estimate of drug-likeness (QED) is 0.558. The molecule has 0 atom stereocenters. The molecule has 1 aromatic heterocycles. The summed E-state index contributed by atoms with van der Waals surface area (Å²) in [6.45, 7) is 0.883. The van der Waals surface area contributed by atoms with E-state index in [-0.39, 0.29) is 19.0 Å². The molecule has 0 unspecified atom stereocenters. The molecule has 12 heteroatoms. The number of nitrogens with one attached hydrogen (secondary N) is 1. The number of alkyl halides is 3. The lowest BCUT2D eigenvalue weighted by Crippen LogP contribution is -2.47. The van der Waals surface area contributed by atoms with Gasteiger partial charge in [0.1, 0.15) is 0 Å². The molecule has 1 aliphatic rings. The van der Waals surface area contributed by atoms with E-state index in [9.17, 15) is 21.6 Å². The Morgan fingerprint density at radius 1 is 1.41 bits per heavy atom. The molecule has 0 aromatic carbocycles. The minimum Gasteiger partial charge on any atom is -0.356 e. The van der Waals surface area contributed by atoms with Crippen molar-refractivity contribution in [3.05, 3.63) is 21.3 Å². The van der Waals surface area contributed by atoms with Gasteiger partial charge in [0.25, 0.3) is 0 Å². The Morgan fingerprint density at radius 3 is 2.52 bits per heavy atom. The zero-order valence-electron chi connectivity index (χ0n) is 15.0. The van der Waals surface area contributed by atoms with E-state index in [2.05, 4.69) is 10.3 Å². The number of hydrogen-bond donors (Lipinski definition) is 1. The van der Waals surface area contributed by atoms with Gasteiger partial charge in [-0.3, -0.25) is 4.99 Å². The van der Waals surface area contributed by atoms with Gasteiger partial charge in [0.05, 0.1) is 10.9 Å². The summed E-state index contributed by atoms with van der Waals surface area (Å²) >= 11 is 7.41.